The van der Waals surface area contributed by atoms with Crippen molar-refractivity contribution in [1.82, 2.24) is 0 Å². The maximum Gasteiger partial charge on any atom is 0.330 e. The van der Waals surface area contributed by atoms with E-state index >= 15 is 0 Å². The molecule has 1 fully saturated rings. The molecule has 1 aromatic rings. The van der Waals surface area contributed by atoms with Gasteiger partial charge >= 0.3 is 17.9 Å². The first-order chi connectivity index (χ1) is 16.0. The molecule has 1 aromatic carbocycles. The van der Waals surface area contributed by atoms with Gasteiger partial charge in [0.05, 0.1) is 38.4 Å². The fourth-order valence-corrected chi connectivity index (χ4v) is 3.30. The van der Waals surface area contributed by atoms with Crippen LogP contribution in [0.25, 0.3) is 6.08 Å². The molecule has 0 saturated heterocycles. The Kier molecular flexibility index (Phi) is 11.9. The number of esters is 3. The van der Waals surface area contributed by atoms with Crippen LogP contribution in [0, 0.1) is 5.92 Å². The smallest absolute Gasteiger partial charge is 0.330 e. The maximum absolute atomic E-state index is 12.5. The van der Waals surface area contributed by atoms with Crippen LogP contribution in [0.5, 0.6) is 5.75 Å². The number of ether oxygens (including phenoxy) is 5. The first-order valence-corrected chi connectivity index (χ1v) is 11.2. The number of rotatable bonds is 13. The normalized spacial score (nSPS) is 18.0. The highest BCUT2D eigenvalue weighted by Crippen LogP contribution is 2.28. The summed E-state index contributed by atoms with van der Waals surface area (Å²) in [4.78, 5) is 34.7. The summed E-state index contributed by atoms with van der Waals surface area (Å²) in [6, 6.07) is 6.95. The van der Waals surface area contributed by atoms with E-state index in [1.807, 2.05) is 0 Å². The summed E-state index contributed by atoms with van der Waals surface area (Å²) in [5, 5.41) is 0. The summed E-state index contributed by atoms with van der Waals surface area (Å²) in [7, 11) is 0. The predicted octanol–water partition coefficient (Wildman–Crippen LogP) is 3.49. The Labute approximate surface area is 194 Å². The summed E-state index contributed by atoms with van der Waals surface area (Å²) in [5.74, 6) is -0.774. The molecule has 1 aliphatic carbocycles. The monoisotopic (exact) mass is 460 g/mol. The number of carbonyl (C=O) groups is 3. The van der Waals surface area contributed by atoms with Gasteiger partial charge in [-0.1, -0.05) is 18.7 Å². The molecule has 1 aliphatic rings. The minimum absolute atomic E-state index is 0.0988. The summed E-state index contributed by atoms with van der Waals surface area (Å²) >= 11 is 0. The largest absolute Gasteiger partial charge is 0.463 e. The Morgan fingerprint density at radius 2 is 1.64 bits per heavy atom. The Hall–Kier alpha value is -2.97. The molecular weight excluding hydrogens is 428 g/mol. The van der Waals surface area contributed by atoms with Gasteiger partial charge < -0.3 is 23.7 Å². The van der Waals surface area contributed by atoms with Crippen LogP contribution >= 0.6 is 0 Å². The fourth-order valence-electron chi connectivity index (χ4n) is 3.30. The van der Waals surface area contributed by atoms with Crippen LogP contribution in [0.1, 0.15) is 38.2 Å². The van der Waals surface area contributed by atoms with Gasteiger partial charge in [0.25, 0.3) is 0 Å². The third-order valence-electron chi connectivity index (χ3n) is 5.02. The molecule has 0 amide bonds. The second-order valence-corrected chi connectivity index (χ2v) is 7.40. The molecule has 0 aromatic heterocycles. The van der Waals surface area contributed by atoms with Gasteiger partial charge in [-0.2, -0.15) is 0 Å². The van der Waals surface area contributed by atoms with Crippen molar-refractivity contribution in [2.24, 2.45) is 5.92 Å². The molecule has 8 heteroatoms. The van der Waals surface area contributed by atoms with Gasteiger partial charge in [-0.05, 0) is 56.4 Å². The number of hydrogen-bond acceptors (Lipinski definition) is 8. The van der Waals surface area contributed by atoms with E-state index < -0.39 is 11.9 Å². The second-order valence-electron chi connectivity index (χ2n) is 7.40. The molecule has 180 valence electrons. The highest BCUT2D eigenvalue weighted by molar-refractivity contribution is 5.87. The van der Waals surface area contributed by atoms with E-state index in [0.29, 0.717) is 45.0 Å². The highest BCUT2D eigenvalue weighted by Gasteiger charge is 2.28. The lowest BCUT2D eigenvalue weighted by molar-refractivity contribution is -0.141. The summed E-state index contributed by atoms with van der Waals surface area (Å²) in [6.07, 6.45) is 7.21. The van der Waals surface area contributed by atoms with Crippen molar-refractivity contribution in [2.45, 2.75) is 38.7 Å². The first-order valence-electron chi connectivity index (χ1n) is 11.2. The quantitative estimate of drug-likeness (QED) is 0.191. The van der Waals surface area contributed by atoms with Gasteiger partial charge in [-0.3, -0.25) is 4.79 Å². The van der Waals surface area contributed by atoms with Crippen LogP contribution in [0.2, 0.25) is 0 Å². The van der Waals surface area contributed by atoms with E-state index in [2.05, 4.69) is 6.58 Å². The molecule has 0 unspecified atom stereocenters. The molecular formula is C25H32O8. The van der Waals surface area contributed by atoms with Crippen molar-refractivity contribution in [1.29, 1.82) is 0 Å². The fraction of sp³-hybridized carbons (Fsp3) is 0.480. The Morgan fingerprint density at radius 1 is 0.939 bits per heavy atom. The number of carbonyl (C=O) groups excluding carboxylic acids is 3. The van der Waals surface area contributed by atoms with Gasteiger partial charge in [0, 0.05) is 12.2 Å². The SMILES string of the molecule is C=CC(=O)OCCOCCOC1CCC(C(=O)Oc2ccc(C=CC(=O)OCC)cc2)CC1. The van der Waals surface area contributed by atoms with Gasteiger partial charge in [-0.25, -0.2) is 9.59 Å². The van der Waals surface area contributed by atoms with Crippen molar-refractivity contribution >= 4 is 24.0 Å². The van der Waals surface area contributed by atoms with Crippen LogP contribution in [-0.2, 0) is 33.3 Å². The zero-order valence-electron chi connectivity index (χ0n) is 19.0. The van der Waals surface area contributed by atoms with Crippen LogP contribution in [-0.4, -0.2) is 57.0 Å². The molecule has 0 heterocycles. The molecule has 1 saturated carbocycles. The highest BCUT2D eigenvalue weighted by atomic mass is 16.6. The third kappa shape index (κ3) is 10.5. The Bertz CT molecular complexity index is 791. The van der Waals surface area contributed by atoms with Crippen LogP contribution < -0.4 is 4.74 Å². The lowest BCUT2D eigenvalue weighted by atomic mass is 9.87. The zero-order valence-corrected chi connectivity index (χ0v) is 19.0. The minimum atomic E-state index is -0.467. The average Bonchev–Trinajstić information content (AvgIpc) is 2.83. The van der Waals surface area contributed by atoms with Crippen molar-refractivity contribution in [3.8, 4) is 5.75 Å². The molecule has 33 heavy (non-hydrogen) atoms. The van der Waals surface area contributed by atoms with Gasteiger partial charge in [0.2, 0.25) is 0 Å². The molecule has 2 rings (SSSR count). The minimum Gasteiger partial charge on any atom is -0.463 e. The molecule has 0 bridgehead atoms. The lowest BCUT2D eigenvalue weighted by Crippen LogP contribution is -2.29. The van der Waals surface area contributed by atoms with Crippen LogP contribution in [0.4, 0.5) is 0 Å². The van der Waals surface area contributed by atoms with E-state index in [1.54, 1.807) is 37.3 Å². The third-order valence-corrected chi connectivity index (χ3v) is 5.02. The average molecular weight is 461 g/mol. The maximum atomic E-state index is 12.5. The van der Waals surface area contributed by atoms with E-state index in [9.17, 15) is 14.4 Å². The molecule has 0 N–H and O–H groups in total. The number of hydrogen-bond donors (Lipinski definition) is 0. The van der Waals surface area contributed by atoms with E-state index in [-0.39, 0.29) is 24.6 Å². The van der Waals surface area contributed by atoms with Crippen LogP contribution in [0.3, 0.4) is 0 Å². The molecule has 0 spiro atoms. The molecule has 8 nitrogen and oxygen atoms in total. The van der Waals surface area contributed by atoms with Crippen molar-refractivity contribution in [3.63, 3.8) is 0 Å². The first kappa shape index (κ1) is 26.3. The van der Waals surface area contributed by atoms with Crippen molar-refractivity contribution in [3.05, 3.63) is 48.6 Å². The Balaban J connectivity index is 1.61. The van der Waals surface area contributed by atoms with Gasteiger partial charge in [0.15, 0.2) is 0 Å². The molecule has 0 aliphatic heterocycles. The summed E-state index contributed by atoms with van der Waals surface area (Å²) in [6.45, 7) is 6.76. The second kappa shape index (κ2) is 15.0. The lowest BCUT2D eigenvalue weighted by Gasteiger charge is -2.27. The van der Waals surface area contributed by atoms with E-state index in [4.69, 9.17) is 23.7 Å². The predicted molar refractivity (Wildman–Crippen MR) is 121 cm³/mol. The number of benzene rings is 1. The molecule has 0 atom stereocenters. The Morgan fingerprint density at radius 3 is 2.30 bits per heavy atom. The summed E-state index contributed by atoms with van der Waals surface area (Å²) < 4.78 is 26.3. The zero-order chi connectivity index (χ0) is 23.9. The van der Waals surface area contributed by atoms with Crippen LogP contribution in [0.15, 0.2) is 43.0 Å². The van der Waals surface area contributed by atoms with Gasteiger partial charge in [-0.15, -0.1) is 0 Å². The van der Waals surface area contributed by atoms with Crippen molar-refractivity contribution < 1.29 is 38.1 Å². The topological polar surface area (TPSA) is 97.4 Å². The van der Waals surface area contributed by atoms with Crippen molar-refractivity contribution in [2.75, 3.05) is 33.0 Å². The van der Waals surface area contributed by atoms with E-state index in [0.717, 1.165) is 24.5 Å². The van der Waals surface area contributed by atoms with E-state index in [1.165, 1.54) is 6.08 Å². The standard InChI is InChI=1S/C25H32O8/c1-3-23(26)32-18-16-29-15-17-31-21-12-8-20(9-13-21)25(28)33-22-10-5-19(6-11-22)7-14-24(27)30-4-2/h3,5-7,10-11,14,20-21H,1,4,8-9,12-13,15-18H2,2H3. The van der Waals surface area contributed by atoms with Gasteiger partial charge in [0.1, 0.15) is 12.4 Å². The molecule has 0 radical (unpaired) electrons. The summed E-state index contributed by atoms with van der Waals surface area (Å²) in [5.41, 5.74) is 0.808.